The molecule has 1 fully saturated rings. The summed E-state index contributed by atoms with van der Waals surface area (Å²) in [6, 6.07) is 10.5. The van der Waals surface area contributed by atoms with Crippen LogP contribution in [0.2, 0.25) is 0 Å². The fourth-order valence-electron chi connectivity index (χ4n) is 2.65. The monoisotopic (exact) mass is 397 g/mol. The van der Waals surface area contributed by atoms with Gasteiger partial charge in [-0.2, -0.15) is 0 Å². The molecule has 0 bridgehead atoms. The number of morpholine rings is 1. The van der Waals surface area contributed by atoms with Crippen LogP contribution in [0.1, 0.15) is 0 Å². The lowest BCUT2D eigenvalue weighted by Gasteiger charge is -2.26. The Hall–Kier alpha value is -1.44. The molecule has 0 aliphatic carbocycles. The molecule has 2 aromatic rings. The van der Waals surface area contributed by atoms with Crippen molar-refractivity contribution in [3.63, 3.8) is 0 Å². The van der Waals surface area contributed by atoms with Crippen LogP contribution in [0.5, 0.6) is 0 Å². The zero-order valence-corrected chi connectivity index (χ0v) is 14.8. The summed E-state index contributed by atoms with van der Waals surface area (Å²) in [6.07, 6.45) is 0. The largest absolute Gasteiger partial charge is 0.378 e. The summed E-state index contributed by atoms with van der Waals surface area (Å²) < 4.78 is 31.4. The zero-order chi connectivity index (χ0) is 16.4. The van der Waals surface area contributed by atoms with Gasteiger partial charge in [0.2, 0.25) is 5.91 Å². The van der Waals surface area contributed by atoms with Crippen molar-refractivity contribution in [2.24, 2.45) is 0 Å². The van der Waals surface area contributed by atoms with Gasteiger partial charge in [-0.25, -0.2) is 8.42 Å². The quantitative estimate of drug-likeness (QED) is 0.796. The summed E-state index contributed by atoms with van der Waals surface area (Å²) in [5, 5.41) is 1.43. The third kappa shape index (κ3) is 3.41. The van der Waals surface area contributed by atoms with E-state index in [4.69, 9.17) is 4.74 Å². The SMILES string of the molecule is O=C(CS(=O)(=O)c1ccc(Br)c2ccccc12)N1CCOCC1. The number of hydrogen-bond acceptors (Lipinski definition) is 4. The predicted octanol–water partition coefficient (Wildman–Crippen LogP) is 2.23. The molecule has 0 unspecified atom stereocenters. The van der Waals surface area contributed by atoms with E-state index < -0.39 is 15.6 Å². The molecule has 3 rings (SSSR count). The molecule has 0 atom stereocenters. The lowest BCUT2D eigenvalue weighted by atomic mass is 10.1. The maximum Gasteiger partial charge on any atom is 0.238 e. The number of nitrogens with zero attached hydrogens (tertiary/aromatic N) is 1. The van der Waals surface area contributed by atoms with E-state index in [0.29, 0.717) is 31.7 Å². The van der Waals surface area contributed by atoms with Crippen molar-refractivity contribution in [3.8, 4) is 0 Å². The molecule has 1 aliphatic rings. The second kappa shape index (κ2) is 6.59. The minimum Gasteiger partial charge on any atom is -0.378 e. The lowest BCUT2D eigenvalue weighted by Crippen LogP contribution is -2.43. The molecule has 1 saturated heterocycles. The fourth-order valence-corrected chi connectivity index (χ4v) is 4.58. The number of benzene rings is 2. The first-order valence-corrected chi connectivity index (χ1v) is 9.69. The average Bonchev–Trinajstić information content (AvgIpc) is 2.55. The Morgan fingerprint density at radius 2 is 1.74 bits per heavy atom. The molecule has 0 saturated carbocycles. The summed E-state index contributed by atoms with van der Waals surface area (Å²) in [5.74, 6) is -0.890. The first kappa shape index (κ1) is 16.4. The van der Waals surface area contributed by atoms with Crippen molar-refractivity contribution in [1.29, 1.82) is 0 Å². The molecular weight excluding hydrogens is 382 g/mol. The number of ether oxygens (including phenoxy) is 1. The molecule has 1 amide bonds. The Morgan fingerprint density at radius 1 is 1.09 bits per heavy atom. The van der Waals surface area contributed by atoms with Crippen LogP contribution >= 0.6 is 15.9 Å². The highest BCUT2D eigenvalue weighted by Crippen LogP contribution is 2.30. The predicted molar refractivity (Wildman–Crippen MR) is 91.1 cm³/mol. The van der Waals surface area contributed by atoms with E-state index in [1.54, 1.807) is 29.2 Å². The first-order chi connectivity index (χ1) is 11.0. The van der Waals surface area contributed by atoms with Crippen LogP contribution in [0, 0.1) is 0 Å². The van der Waals surface area contributed by atoms with Gasteiger partial charge >= 0.3 is 0 Å². The van der Waals surface area contributed by atoms with Gasteiger partial charge in [0, 0.05) is 22.9 Å². The van der Waals surface area contributed by atoms with Crippen LogP contribution < -0.4 is 0 Å². The van der Waals surface area contributed by atoms with Gasteiger partial charge < -0.3 is 9.64 Å². The molecule has 23 heavy (non-hydrogen) atoms. The fraction of sp³-hybridized carbons (Fsp3) is 0.312. The van der Waals surface area contributed by atoms with Gasteiger partial charge in [-0.15, -0.1) is 0 Å². The Morgan fingerprint density at radius 3 is 2.43 bits per heavy atom. The number of carbonyl (C=O) groups excluding carboxylic acids is 1. The molecule has 0 radical (unpaired) electrons. The van der Waals surface area contributed by atoms with Crippen LogP contribution in [0.15, 0.2) is 45.8 Å². The molecule has 0 N–H and O–H groups in total. The maximum atomic E-state index is 12.7. The van der Waals surface area contributed by atoms with E-state index in [-0.39, 0.29) is 10.8 Å². The highest BCUT2D eigenvalue weighted by Gasteiger charge is 2.26. The summed E-state index contributed by atoms with van der Waals surface area (Å²) in [6.45, 7) is 1.78. The molecule has 122 valence electrons. The van der Waals surface area contributed by atoms with Crippen molar-refractivity contribution in [2.45, 2.75) is 4.90 Å². The Bertz CT molecular complexity index is 844. The Labute approximate surface area is 143 Å². The number of carbonyl (C=O) groups is 1. The third-order valence-electron chi connectivity index (χ3n) is 3.84. The number of rotatable bonds is 3. The molecule has 0 spiro atoms. The minimum atomic E-state index is -3.71. The van der Waals surface area contributed by atoms with E-state index in [1.807, 2.05) is 12.1 Å². The van der Waals surface area contributed by atoms with E-state index >= 15 is 0 Å². The van der Waals surface area contributed by atoms with Crippen LogP contribution in [-0.4, -0.2) is 51.3 Å². The van der Waals surface area contributed by atoms with Crippen LogP contribution in [-0.2, 0) is 19.4 Å². The van der Waals surface area contributed by atoms with Gasteiger partial charge in [0.15, 0.2) is 9.84 Å². The van der Waals surface area contributed by atoms with Crippen molar-refractivity contribution >= 4 is 42.4 Å². The van der Waals surface area contributed by atoms with Gasteiger partial charge in [-0.1, -0.05) is 40.2 Å². The van der Waals surface area contributed by atoms with E-state index in [0.717, 1.165) is 9.86 Å². The number of sulfone groups is 1. The molecule has 7 heteroatoms. The van der Waals surface area contributed by atoms with E-state index in [9.17, 15) is 13.2 Å². The van der Waals surface area contributed by atoms with Gasteiger partial charge in [0.1, 0.15) is 5.75 Å². The lowest BCUT2D eigenvalue weighted by molar-refractivity contribution is -0.132. The molecule has 1 aliphatic heterocycles. The van der Waals surface area contributed by atoms with Crippen molar-refractivity contribution in [1.82, 2.24) is 4.90 Å². The zero-order valence-electron chi connectivity index (χ0n) is 12.4. The second-order valence-electron chi connectivity index (χ2n) is 5.34. The maximum absolute atomic E-state index is 12.7. The topological polar surface area (TPSA) is 63.7 Å². The highest BCUT2D eigenvalue weighted by atomic mass is 79.9. The van der Waals surface area contributed by atoms with Gasteiger partial charge in [-0.3, -0.25) is 4.79 Å². The summed E-state index contributed by atoms with van der Waals surface area (Å²) in [4.78, 5) is 14.0. The summed E-state index contributed by atoms with van der Waals surface area (Å²) >= 11 is 3.43. The van der Waals surface area contributed by atoms with Gasteiger partial charge in [0.05, 0.1) is 18.1 Å². The molecule has 1 heterocycles. The second-order valence-corrected chi connectivity index (χ2v) is 8.16. The molecule has 5 nitrogen and oxygen atoms in total. The Balaban J connectivity index is 1.94. The number of fused-ring (bicyclic) bond motifs is 1. The highest BCUT2D eigenvalue weighted by molar-refractivity contribution is 9.10. The standard InChI is InChI=1S/C16H16BrNO4S/c17-14-5-6-15(13-4-2-1-3-12(13)14)23(20,21)11-16(19)18-7-9-22-10-8-18/h1-6H,7-11H2. The number of hydrogen-bond donors (Lipinski definition) is 0. The molecule has 2 aromatic carbocycles. The number of amides is 1. The first-order valence-electron chi connectivity index (χ1n) is 7.24. The minimum absolute atomic E-state index is 0.193. The summed E-state index contributed by atoms with van der Waals surface area (Å²) in [5.41, 5.74) is 0. The van der Waals surface area contributed by atoms with Crippen molar-refractivity contribution in [2.75, 3.05) is 32.1 Å². The van der Waals surface area contributed by atoms with Gasteiger partial charge in [-0.05, 0) is 17.5 Å². The van der Waals surface area contributed by atoms with E-state index in [2.05, 4.69) is 15.9 Å². The van der Waals surface area contributed by atoms with Crippen LogP contribution in [0.25, 0.3) is 10.8 Å². The normalized spacial score (nSPS) is 15.8. The third-order valence-corrected chi connectivity index (χ3v) is 6.19. The van der Waals surface area contributed by atoms with Gasteiger partial charge in [0.25, 0.3) is 0 Å². The van der Waals surface area contributed by atoms with Crippen LogP contribution in [0.4, 0.5) is 0 Å². The summed E-state index contributed by atoms with van der Waals surface area (Å²) in [7, 11) is -3.71. The van der Waals surface area contributed by atoms with Crippen LogP contribution in [0.3, 0.4) is 0 Å². The average molecular weight is 398 g/mol. The van der Waals surface area contributed by atoms with Crippen molar-refractivity contribution < 1.29 is 17.9 Å². The van der Waals surface area contributed by atoms with E-state index in [1.165, 1.54) is 0 Å². The molecule has 0 aromatic heterocycles. The van der Waals surface area contributed by atoms with Crippen molar-refractivity contribution in [3.05, 3.63) is 40.9 Å². The number of halogens is 1. The smallest absolute Gasteiger partial charge is 0.238 e. The molecular formula is C16H16BrNO4S. The Kier molecular flexibility index (Phi) is 4.70.